The number of nitrogens with zero attached hydrogens (tertiary/aromatic N) is 6. The Kier molecular flexibility index (Phi) is 5.07. The molecular formula is C21H31N7O2. The zero-order chi connectivity index (χ0) is 21.6. The molecule has 2 N–H and O–H groups in total. The summed E-state index contributed by atoms with van der Waals surface area (Å²) in [6.45, 7) is 9.95. The minimum Gasteiger partial charge on any atom is -0.444 e. The number of rotatable bonds is 2. The van der Waals surface area contributed by atoms with E-state index in [9.17, 15) is 4.79 Å². The number of anilines is 2. The van der Waals surface area contributed by atoms with E-state index in [0.29, 0.717) is 12.5 Å². The van der Waals surface area contributed by atoms with E-state index in [-0.39, 0.29) is 18.1 Å². The molecule has 2 aromatic heterocycles. The van der Waals surface area contributed by atoms with E-state index >= 15 is 0 Å². The second-order valence-electron chi connectivity index (χ2n) is 9.32. The van der Waals surface area contributed by atoms with Crippen LogP contribution in [0.5, 0.6) is 0 Å². The van der Waals surface area contributed by atoms with Gasteiger partial charge in [-0.25, -0.2) is 9.78 Å². The first-order valence-corrected chi connectivity index (χ1v) is 10.5. The second-order valence-corrected chi connectivity index (χ2v) is 9.32. The Morgan fingerprint density at radius 3 is 2.70 bits per heavy atom. The molecule has 0 saturated carbocycles. The number of ether oxygens (including phenoxy) is 1. The summed E-state index contributed by atoms with van der Waals surface area (Å²) in [7, 11) is 1.89. The van der Waals surface area contributed by atoms with Gasteiger partial charge in [0.25, 0.3) is 0 Å². The zero-order valence-corrected chi connectivity index (χ0v) is 18.4. The summed E-state index contributed by atoms with van der Waals surface area (Å²) < 4.78 is 7.42. The van der Waals surface area contributed by atoms with Crippen LogP contribution >= 0.6 is 0 Å². The Morgan fingerprint density at radius 1 is 1.27 bits per heavy atom. The Labute approximate surface area is 177 Å². The number of carbonyl (C=O) groups excluding carboxylic acids is 1. The summed E-state index contributed by atoms with van der Waals surface area (Å²) in [6, 6.07) is 2.09. The topological polar surface area (TPSA) is 102 Å². The molecule has 9 nitrogen and oxygen atoms in total. The van der Waals surface area contributed by atoms with Crippen molar-refractivity contribution in [2.45, 2.75) is 52.2 Å². The summed E-state index contributed by atoms with van der Waals surface area (Å²) in [5.41, 5.74) is 8.16. The molecule has 4 rings (SSSR count). The molecule has 4 heterocycles. The third kappa shape index (κ3) is 4.06. The quantitative estimate of drug-likeness (QED) is 0.807. The van der Waals surface area contributed by atoms with Gasteiger partial charge in [-0.1, -0.05) is 0 Å². The highest BCUT2D eigenvalue weighted by atomic mass is 16.6. The highest BCUT2D eigenvalue weighted by Crippen LogP contribution is 2.35. The van der Waals surface area contributed by atoms with Gasteiger partial charge in [0.1, 0.15) is 11.4 Å². The van der Waals surface area contributed by atoms with Gasteiger partial charge in [0.05, 0.1) is 17.4 Å². The molecule has 0 spiro atoms. The van der Waals surface area contributed by atoms with Crippen molar-refractivity contribution in [3.63, 3.8) is 0 Å². The number of fused-ring (bicyclic) bond motifs is 1. The van der Waals surface area contributed by atoms with Gasteiger partial charge >= 0.3 is 6.09 Å². The van der Waals surface area contributed by atoms with E-state index in [2.05, 4.69) is 20.0 Å². The molecular weight excluding hydrogens is 382 g/mol. The second kappa shape index (κ2) is 7.45. The van der Waals surface area contributed by atoms with Crippen molar-refractivity contribution >= 4 is 17.9 Å². The molecule has 2 saturated heterocycles. The Hall–Kier alpha value is -2.84. The fraction of sp³-hybridized carbons (Fsp3) is 0.619. The molecule has 0 aliphatic carbocycles. The first kappa shape index (κ1) is 20.4. The number of carbonyl (C=O) groups is 1. The molecule has 2 unspecified atom stereocenters. The zero-order valence-electron chi connectivity index (χ0n) is 18.4. The highest BCUT2D eigenvalue weighted by Gasteiger charge is 2.42. The predicted molar refractivity (Wildman–Crippen MR) is 115 cm³/mol. The van der Waals surface area contributed by atoms with Crippen LogP contribution in [0.3, 0.4) is 0 Å². The molecule has 2 aliphatic rings. The lowest BCUT2D eigenvalue weighted by molar-refractivity contribution is 0.00669. The van der Waals surface area contributed by atoms with Crippen molar-refractivity contribution in [2.75, 3.05) is 30.3 Å². The van der Waals surface area contributed by atoms with Crippen LogP contribution in [0, 0.1) is 12.8 Å². The standard InChI is InChI=1S/C21H31N7O2/c1-13-15(11-26(5)25-13)16-9-18(24-19(22)23-16)27-10-14-7-6-8-28(17(14)12-27)20(29)30-21(2,3)4/h9,11,14,17H,6-8,10,12H2,1-5H3,(H2,22,23,24). The van der Waals surface area contributed by atoms with Gasteiger partial charge in [-0.3, -0.25) is 4.68 Å². The number of aromatic nitrogens is 4. The average Bonchev–Trinajstić information content (AvgIpc) is 3.22. The maximum atomic E-state index is 12.8. The average molecular weight is 414 g/mol. The summed E-state index contributed by atoms with van der Waals surface area (Å²) in [5, 5.41) is 4.41. The normalized spacial score (nSPS) is 21.6. The van der Waals surface area contributed by atoms with Crippen molar-refractivity contribution in [1.29, 1.82) is 0 Å². The number of nitrogen functional groups attached to an aromatic ring is 1. The van der Waals surface area contributed by atoms with Gasteiger partial charge in [0, 0.05) is 44.5 Å². The van der Waals surface area contributed by atoms with Crippen LogP contribution in [0.4, 0.5) is 16.6 Å². The van der Waals surface area contributed by atoms with E-state index in [1.165, 1.54) is 0 Å². The van der Waals surface area contributed by atoms with Crippen molar-refractivity contribution < 1.29 is 9.53 Å². The van der Waals surface area contributed by atoms with Crippen LogP contribution in [0.25, 0.3) is 11.3 Å². The molecule has 2 aromatic rings. The maximum Gasteiger partial charge on any atom is 0.410 e. The van der Waals surface area contributed by atoms with Gasteiger partial charge in [0.2, 0.25) is 5.95 Å². The molecule has 9 heteroatoms. The van der Waals surface area contributed by atoms with Crippen molar-refractivity contribution in [3.05, 3.63) is 18.0 Å². The minimum atomic E-state index is -0.500. The summed E-state index contributed by atoms with van der Waals surface area (Å²) in [6.07, 6.45) is 3.79. The Bertz CT molecular complexity index is 949. The molecule has 1 amide bonds. The molecule has 2 aliphatic heterocycles. The lowest BCUT2D eigenvalue weighted by atomic mass is 9.92. The molecule has 0 bridgehead atoms. The number of amides is 1. The minimum absolute atomic E-state index is 0.119. The Balaban J connectivity index is 1.58. The van der Waals surface area contributed by atoms with Gasteiger partial charge in [-0.2, -0.15) is 10.1 Å². The number of likely N-dealkylation sites (tertiary alicyclic amines) is 1. The lowest BCUT2D eigenvalue weighted by Crippen LogP contribution is -2.50. The molecule has 162 valence electrons. The summed E-state index contributed by atoms with van der Waals surface area (Å²) >= 11 is 0. The predicted octanol–water partition coefficient (Wildman–Crippen LogP) is 2.60. The molecule has 30 heavy (non-hydrogen) atoms. The number of piperidine rings is 1. The maximum absolute atomic E-state index is 12.8. The van der Waals surface area contributed by atoms with Crippen LogP contribution in [-0.4, -0.2) is 62.0 Å². The van der Waals surface area contributed by atoms with E-state index in [1.807, 2.05) is 51.9 Å². The fourth-order valence-electron chi connectivity index (χ4n) is 4.52. The monoisotopic (exact) mass is 413 g/mol. The SMILES string of the molecule is Cc1nn(C)cc1-c1cc(N2CC3CCCN(C(=O)OC(C)(C)C)C3C2)nc(N)n1. The fourth-order valence-corrected chi connectivity index (χ4v) is 4.52. The number of hydrogen-bond donors (Lipinski definition) is 1. The summed E-state index contributed by atoms with van der Waals surface area (Å²) in [5.74, 6) is 1.43. The third-order valence-corrected chi connectivity index (χ3v) is 5.75. The van der Waals surface area contributed by atoms with Crippen LogP contribution in [0.15, 0.2) is 12.3 Å². The van der Waals surface area contributed by atoms with Crippen molar-refractivity contribution in [1.82, 2.24) is 24.6 Å². The third-order valence-electron chi connectivity index (χ3n) is 5.75. The van der Waals surface area contributed by atoms with Crippen LogP contribution in [0.2, 0.25) is 0 Å². The van der Waals surface area contributed by atoms with E-state index in [0.717, 1.165) is 48.7 Å². The smallest absolute Gasteiger partial charge is 0.410 e. The van der Waals surface area contributed by atoms with Gasteiger partial charge in [0.15, 0.2) is 0 Å². The van der Waals surface area contributed by atoms with E-state index in [4.69, 9.17) is 10.5 Å². The lowest BCUT2D eigenvalue weighted by Gasteiger charge is -2.37. The number of aryl methyl sites for hydroxylation is 2. The molecule has 0 aromatic carbocycles. The molecule has 0 radical (unpaired) electrons. The Morgan fingerprint density at radius 2 is 2.03 bits per heavy atom. The van der Waals surface area contributed by atoms with Crippen molar-refractivity contribution in [2.24, 2.45) is 13.0 Å². The van der Waals surface area contributed by atoms with Crippen LogP contribution in [-0.2, 0) is 11.8 Å². The summed E-state index contributed by atoms with van der Waals surface area (Å²) in [4.78, 5) is 25.8. The van der Waals surface area contributed by atoms with Crippen LogP contribution in [0.1, 0.15) is 39.3 Å². The largest absolute Gasteiger partial charge is 0.444 e. The van der Waals surface area contributed by atoms with Gasteiger partial charge in [-0.05, 0) is 46.5 Å². The molecule has 2 fully saturated rings. The van der Waals surface area contributed by atoms with Crippen molar-refractivity contribution in [3.8, 4) is 11.3 Å². The molecule has 2 atom stereocenters. The first-order valence-electron chi connectivity index (χ1n) is 10.5. The number of hydrogen-bond acceptors (Lipinski definition) is 7. The first-order chi connectivity index (χ1) is 14.1. The van der Waals surface area contributed by atoms with Gasteiger partial charge in [-0.15, -0.1) is 0 Å². The van der Waals surface area contributed by atoms with Crippen LogP contribution < -0.4 is 10.6 Å². The number of nitrogens with two attached hydrogens (primary N) is 1. The van der Waals surface area contributed by atoms with Gasteiger partial charge < -0.3 is 20.3 Å². The van der Waals surface area contributed by atoms with E-state index in [1.54, 1.807) is 4.68 Å². The van der Waals surface area contributed by atoms with E-state index < -0.39 is 5.60 Å². The highest BCUT2D eigenvalue weighted by molar-refractivity contribution is 5.70.